The molecule has 0 fully saturated rings. The first-order chi connectivity index (χ1) is 5.47. The highest BCUT2D eigenvalue weighted by Gasteiger charge is 1.89. The Labute approximate surface area is 62.2 Å². The Balaban J connectivity index is 2.81. The predicted molar refractivity (Wildman–Crippen MR) is 38.4 cm³/mol. The van der Waals surface area contributed by atoms with Crippen LogP contribution in [0.5, 0.6) is 0 Å². The third-order valence-corrected chi connectivity index (χ3v) is 1.32. The molecule has 0 bridgehead atoms. The second kappa shape index (κ2) is 2.53. The Bertz CT molecular complexity index is 394. The quantitative estimate of drug-likeness (QED) is 0.440. The summed E-state index contributed by atoms with van der Waals surface area (Å²) in [5.74, 6) is 0. The lowest BCUT2D eigenvalue weighted by atomic mass is 10.4. The molecule has 0 radical (unpaired) electrons. The van der Waals surface area contributed by atoms with Gasteiger partial charge in [-0.1, -0.05) is 6.08 Å². The predicted octanol–water partition coefficient (Wildman–Crippen LogP) is -1.69. The van der Waals surface area contributed by atoms with Gasteiger partial charge >= 0.3 is 0 Å². The van der Waals surface area contributed by atoms with E-state index in [4.69, 9.17) is 0 Å². The Hall–Kier alpha value is -1.65. The third-order valence-electron chi connectivity index (χ3n) is 1.32. The number of hydrogen-bond donors (Lipinski definition) is 0. The maximum atomic E-state index is 3.95. The number of rotatable bonds is 0. The Morgan fingerprint density at radius 1 is 1.36 bits per heavy atom. The summed E-state index contributed by atoms with van der Waals surface area (Å²) in [6, 6.07) is 0. The molecule has 1 aliphatic heterocycles. The molecule has 5 heteroatoms. The Morgan fingerprint density at radius 3 is 3.36 bits per heavy atom. The normalized spacial score (nSPS) is 14.2. The SMILES string of the molecule is C1=NCC=c2cnnnc2=N1. The van der Waals surface area contributed by atoms with Crippen LogP contribution in [0, 0.1) is 0 Å². The molecule has 2 rings (SSSR count). The first-order valence-electron chi connectivity index (χ1n) is 3.17. The van der Waals surface area contributed by atoms with Gasteiger partial charge in [0.25, 0.3) is 0 Å². The topological polar surface area (TPSA) is 63.4 Å². The van der Waals surface area contributed by atoms with Gasteiger partial charge in [-0.25, -0.2) is 4.99 Å². The summed E-state index contributed by atoms with van der Waals surface area (Å²) in [4.78, 5) is 7.89. The zero-order chi connectivity index (χ0) is 7.52. The minimum Gasteiger partial charge on any atom is -0.269 e. The van der Waals surface area contributed by atoms with E-state index < -0.39 is 0 Å². The molecule has 1 aromatic rings. The van der Waals surface area contributed by atoms with Gasteiger partial charge in [0.15, 0.2) is 5.49 Å². The van der Waals surface area contributed by atoms with Crippen molar-refractivity contribution in [3.63, 3.8) is 0 Å². The molecule has 0 aromatic carbocycles. The minimum atomic E-state index is 0.584. The van der Waals surface area contributed by atoms with E-state index in [1.807, 2.05) is 6.08 Å². The standard InChI is InChI=1S/C6H5N5/c1-2-7-4-8-6-5(1)3-9-11-10-6/h1,3-4H,2H2. The average Bonchev–Trinajstić information content (AvgIpc) is 2.28. The van der Waals surface area contributed by atoms with Crippen LogP contribution < -0.4 is 10.7 Å². The first kappa shape index (κ1) is 6.09. The fourth-order valence-electron chi connectivity index (χ4n) is 0.810. The van der Waals surface area contributed by atoms with Gasteiger partial charge in [0.1, 0.15) is 6.34 Å². The second-order valence-electron chi connectivity index (χ2n) is 2.03. The summed E-state index contributed by atoms with van der Waals surface area (Å²) < 4.78 is 0. The molecule has 0 aliphatic carbocycles. The summed E-state index contributed by atoms with van der Waals surface area (Å²) in [5.41, 5.74) is 0.584. The van der Waals surface area contributed by atoms with Crippen LogP contribution >= 0.6 is 0 Å². The van der Waals surface area contributed by atoms with Crippen LogP contribution in [0.2, 0.25) is 0 Å². The lowest BCUT2D eigenvalue weighted by molar-refractivity contribution is 0.818. The van der Waals surface area contributed by atoms with Gasteiger partial charge in [0, 0.05) is 5.22 Å². The molecule has 11 heavy (non-hydrogen) atoms. The van der Waals surface area contributed by atoms with Crippen molar-refractivity contribution in [1.82, 2.24) is 15.4 Å². The van der Waals surface area contributed by atoms with E-state index in [1.54, 1.807) is 6.20 Å². The van der Waals surface area contributed by atoms with E-state index in [2.05, 4.69) is 25.4 Å². The molecule has 0 N–H and O–H groups in total. The van der Waals surface area contributed by atoms with Crippen LogP contribution in [-0.4, -0.2) is 28.3 Å². The molecular weight excluding hydrogens is 142 g/mol. The second-order valence-corrected chi connectivity index (χ2v) is 2.03. The van der Waals surface area contributed by atoms with Crippen molar-refractivity contribution in [2.75, 3.05) is 6.54 Å². The number of aromatic nitrogens is 3. The monoisotopic (exact) mass is 147 g/mol. The molecule has 5 nitrogen and oxygen atoms in total. The van der Waals surface area contributed by atoms with Gasteiger partial charge in [0.2, 0.25) is 0 Å². The molecule has 0 saturated heterocycles. The van der Waals surface area contributed by atoms with Crippen LogP contribution in [0.3, 0.4) is 0 Å². The zero-order valence-corrected chi connectivity index (χ0v) is 5.68. The largest absolute Gasteiger partial charge is 0.269 e. The summed E-state index contributed by atoms with van der Waals surface area (Å²) in [5, 5.41) is 11.7. The fraction of sp³-hybridized carbons (Fsp3) is 0.167. The van der Waals surface area contributed by atoms with Crippen molar-refractivity contribution in [2.24, 2.45) is 9.98 Å². The highest BCUT2D eigenvalue weighted by atomic mass is 15.3. The van der Waals surface area contributed by atoms with Gasteiger partial charge in [-0.15, -0.1) is 10.2 Å². The van der Waals surface area contributed by atoms with Gasteiger partial charge in [-0.05, 0) is 5.21 Å². The molecule has 54 valence electrons. The first-order valence-corrected chi connectivity index (χ1v) is 3.17. The van der Waals surface area contributed by atoms with E-state index in [-0.39, 0.29) is 0 Å². The average molecular weight is 147 g/mol. The lowest BCUT2D eigenvalue weighted by Crippen LogP contribution is -2.30. The molecule has 0 spiro atoms. The van der Waals surface area contributed by atoms with Crippen LogP contribution in [0.25, 0.3) is 6.08 Å². The number of nitrogens with zero attached hydrogens (tertiary/aromatic N) is 5. The number of aliphatic imine (C=N–C) groups is 1. The van der Waals surface area contributed by atoms with Gasteiger partial charge in [0.05, 0.1) is 12.7 Å². The molecule has 2 heterocycles. The lowest BCUT2D eigenvalue weighted by Gasteiger charge is -1.80. The molecular formula is C6H5N5. The summed E-state index contributed by atoms with van der Waals surface area (Å²) in [6.07, 6.45) is 5.02. The van der Waals surface area contributed by atoms with E-state index in [0.29, 0.717) is 12.0 Å². The zero-order valence-electron chi connectivity index (χ0n) is 5.68. The molecule has 0 atom stereocenters. The maximum absolute atomic E-state index is 3.95. The number of fused-ring (bicyclic) bond motifs is 1. The summed E-state index contributed by atoms with van der Waals surface area (Å²) in [7, 11) is 0. The minimum absolute atomic E-state index is 0.584. The van der Waals surface area contributed by atoms with E-state index in [0.717, 1.165) is 5.22 Å². The Kier molecular flexibility index (Phi) is 1.40. The van der Waals surface area contributed by atoms with Crippen molar-refractivity contribution in [3.8, 4) is 0 Å². The van der Waals surface area contributed by atoms with Crippen LogP contribution in [0.15, 0.2) is 16.2 Å². The molecule has 0 saturated carbocycles. The molecule has 1 aromatic heterocycles. The highest BCUT2D eigenvalue weighted by Crippen LogP contribution is 1.72. The fourth-order valence-corrected chi connectivity index (χ4v) is 0.810. The smallest absolute Gasteiger partial charge is 0.186 e. The molecule has 1 aliphatic rings. The molecule has 0 amide bonds. The van der Waals surface area contributed by atoms with Crippen molar-refractivity contribution < 1.29 is 0 Å². The van der Waals surface area contributed by atoms with Crippen LogP contribution in [0.1, 0.15) is 0 Å². The third kappa shape index (κ3) is 1.12. The van der Waals surface area contributed by atoms with Crippen LogP contribution in [0.4, 0.5) is 0 Å². The van der Waals surface area contributed by atoms with Crippen LogP contribution in [-0.2, 0) is 0 Å². The Morgan fingerprint density at radius 2 is 2.36 bits per heavy atom. The van der Waals surface area contributed by atoms with Gasteiger partial charge in [-0.3, -0.25) is 4.99 Å². The van der Waals surface area contributed by atoms with Crippen molar-refractivity contribution in [3.05, 3.63) is 16.9 Å². The van der Waals surface area contributed by atoms with Crippen molar-refractivity contribution in [2.45, 2.75) is 0 Å². The highest BCUT2D eigenvalue weighted by molar-refractivity contribution is 5.57. The van der Waals surface area contributed by atoms with Crippen molar-refractivity contribution in [1.29, 1.82) is 0 Å². The summed E-state index contributed by atoms with van der Waals surface area (Å²) in [6.45, 7) is 0.629. The van der Waals surface area contributed by atoms with E-state index in [9.17, 15) is 0 Å². The summed E-state index contributed by atoms with van der Waals surface area (Å²) >= 11 is 0. The number of hydrogen-bond acceptors (Lipinski definition) is 5. The molecule has 0 unspecified atom stereocenters. The van der Waals surface area contributed by atoms with E-state index in [1.165, 1.54) is 6.34 Å². The van der Waals surface area contributed by atoms with Crippen molar-refractivity contribution >= 4 is 12.4 Å². The van der Waals surface area contributed by atoms with E-state index >= 15 is 0 Å². The van der Waals surface area contributed by atoms with Gasteiger partial charge in [-0.2, -0.15) is 0 Å². The van der Waals surface area contributed by atoms with Gasteiger partial charge < -0.3 is 0 Å². The maximum Gasteiger partial charge on any atom is 0.186 e.